The fourth-order valence-corrected chi connectivity index (χ4v) is 3.41. The number of hydrogen-bond donors (Lipinski definition) is 1. The van der Waals surface area contributed by atoms with E-state index in [0.29, 0.717) is 25.0 Å². The van der Waals surface area contributed by atoms with E-state index >= 15 is 0 Å². The van der Waals surface area contributed by atoms with Gasteiger partial charge in [-0.3, -0.25) is 0 Å². The average Bonchev–Trinajstić information content (AvgIpc) is 3.02. The number of hydrogen-bond acceptors (Lipinski definition) is 6. The molecule has 0 aliphatic carbocycles. The summed E-state index contributed by atoms with van der Waals surface area (Å²) in [5, 5.41) is 7.57. The molecule has 102 valence electrons. The lowest BCUT2D eigenvalue weighted by Gasteiger charge is -2.16. The Kier molecular flexibility index (Phi) is 5.46. The van der Waals surface area contributed by atoms with Gasteiger partial charge < -0.3 is 14.6 Å². The maximum Gasteiger partial charge on any atom is 0.232 e. The molecule has 1 aliphatic heterocycles. The van der Waals surface area contributed by atoms with E-state index in [1.807, 2.05) is 11.8 Å². The van der Waals surface area contributed by atoms with Gasteiger partial charge in [0.05, 0.1) is 12.5 Å². The third kappa shape index (κ3) is 3.46. The minimum atomic E-state index is 0.352. The Morgan fingerprint density at radius 2 is 2.39 bits per heavy atom. The van der Waals surface area contributed by atoms with Crippen molar-refractivity contribution in [3.05, 3.63) is 11.7 Å². The number of ether oxygens (including phenoxy) is 1. The number of nitrogens with one attached hydrogen (secondary N) is 1. The Balaban J connectivity index is 1.94. The Hall–Kier alpha value is -0.590. The second-order valence-electron chi connectivity index (χ2n) is 4.50. The topological polar surface area (TPSA) is 60.2 Å². The molecule has 1 N–H and O–H groups in total. The van der Waals surface area contributed by atoms with E-state index in [1.165, 1.54) is 0 Å². The molecule has 2 rings (SSSR count). The molecule has 0 saturated carbocycles. The van der Waals surface area contributed by atoms with Crippen LogP contribution in [0.2, 0.25) is 0 Å². The molecule has 5 nitrogen and oxygen atoms in total. The quantitative estimate of drug-likeness (QED) is 0.810. The van der Waals surface area contributed by atoms with E-state index in [9.17, 15) is 0 Å². The van der Waals surface area contributed by atoms with E-state index < -0.39 is 0 Å². The number of thioether (sulfide) groups is 1. The Morgan fingerprint density at radius 3 is 3.17 bits per heavy atom. The number of nitrogens with zero attached hydrogens (tertiary/aromatic N) is 2. The van der Waals surface area contributed by atoms with Gasteiger partial charge in [0.2, 0.25) is 5.89 Å². The standard InChI is InChI=1S/C12H21N3O2S/c1-3-5-13-10-8-18-7-9(10)12-14-11(15-17-12)4-6-16-2/h9-10,13H,3-8H2,1-2H3. The normalized spacial score (nSPS) is 23.7. The zero-order valence-electron chi connectivity index (χ0n) is 11.0. The summed E-state index contributed by atoms with van der Waals surface area (Å²) in [6, 6.07) is 0.464. The summed E-state index contributed by atoms with van der Waals surface area (Å²) in [6.45, 7) is 3.86. The van der Waals surface area contributed by atoms with Crippen LogP contribution in [0.15, 0.2) is 4.52 Å². The van der Waals surface area contributed by atoms with Gasteiger partial charge in [-0.25, -0.2) is 0 Å². The Labute approximate surface area is 112 Å². The van der Waals surface area contributed by atoms with Crippen LogP contribution in [0, 0.1) is 0 Å². The van der Waals surface area contributed by atoms with Crippen molar-refractivity contribution < 1.29 is 9.26 Å². The number of rotatable bonds is 7. The van der Waals surface area contributed by atoms with Gasteiger partial charge in [-0.1, -0.05) is 12.1 Å². The van der Waals surface area contributed by atoms with Crippen LogP contribution in [0.4, 0.5) is 0 Å². The van der Waals surface area contributed by atoms with Gasteiger partial charge in [0.15, 0.2) is 5.82 Å². The molecule has 0 amide bonds. The molecule has 1 aromatic rings. The zero-order chi connectivity index (χ0) is 12.8. The summed E-state index contributed by atoms with van der Waals surface area (Å²) >= 11 is 1.95. The van der Waals surface area contributed by atoms with Gasteiger partial charge in [0, 0.05) is 31.1 Å². The minimum Gasteiger partial charge on any atom is -0.384 e. The lowest BCUT2D eigenvalue weighted by atomic mass is 10.0. The van der Waals surface area contributed by atoms with Crippen molar-refractivity contribution in [2.45, 2.75) is 31.7 Å². The number of methoxy groups -OCH3 is 1. The molecule has 1 fully saturated rings. The molecule has 0 aromatic carbocycles. The van der Waals surface area contributed by atoms with Crippen LogP contribution in [0.5, 0.6) is 0 Å². The molecule has 0 radical (unpaired) electrons. The van der Waals surface area contributed by atoms with E-state index in [1.54, 1.807) is 7.11 Å². The summed E-state index contributed by atoms with van der Waals surface area (Å²) in [6.07, 6.45) is 1.86. The fraction of sp³-hybridized carbons (Fsp3) is 0.833. The van der Waals surface area contributed by atoms with Crippen LogP contribution in [0.1, 0.15) is 31.0 Å². The predicted octanol–water partition coefficient (Wildman–Crippen LogP) is 1.46. The van der Waals surface area contributed by atoms with Crippen molar-refractivity contribution in [2.24, 2.45) is 0 Å². The average molecular weight is 271 g/mol. The largest absolute Gasteiger partial charge is 0.384 e. The summed E-state index contributed by atoms with van der Waals surface area (Å²) in [5.74, 6) is 4.07. The maximum atomic E-state index is 5.39. The molecule has 2 unspecified atom stereocenters. The molecule has 6 heteroatoms. The summed E-state index contributed by atoms with van der Waals surface area (Å²) < 4.78 is 10.4. The highest BCUT2D eigenvalue weighted by Gasteiger charge is 2.32. The van der Waals surface area contributed by atoms with E-state index in [-0.39, 0.29) is 0 Å². The van der Waals surface area contributed by atoms with Gasteiger partial charge in [-0.2, -0.15) is 16.7 Å². The first-order chi connectivity index (χ1) is 8.85. The molecule has 0 spiro atoms. The summed E-state index contributed by atoms with van der Waals surface area (Å²) in [7, 11) is 1.68. The highest BCUT2D eigenvalue weighted by molar-refractivity contribution is 7.99. The van der Waals surface area contributed by atoms with Gasteiger partial charge in [0.25, 0.3) is 0 Å². The SMILES string of the molecule is CCCNC1CSCC1c1nc(CCOC)no1. The predicted molar refractivity (Wildman–Crippen MR) is 72.0 cm³/mol. The van der Waals surface area contributed by atoms with Crippen LogP contribution in [0.25, 0.3) is 0 Å². The van der Waals surface area contributed by atoms with E-state index in [2.05, 4.69) is 22.4 Å². The van der Waals surface area contributed by atoms with Crippen LogP contribution >= 0.6 is 11.8 Å². The molecule has 2 atom stereocenters. The van der Waals surface area contributed by atoms with Gasteiger partial charge in [-0.15, -0.1) is 0 Å². The Morgan fingerprint density at radius 1 is 1.50 bits per heavy atom. The van der Waals surface area contributed by atoms with E-state index in [0.717, 1.165) is 36.2 Å². The van der Waals surface area contributed by atoms with Gasteiger partial charge in [0.1, 0.15) is 0 Å². The van der Waals surface area contributed by atoms with Crippen LogP contribution in [0.3, 0.4) is 0 Å². The van der Waals surface area contributed by atoms with Crippen LogP contribution in [-0.4, -0.2) is 47.9 Å². The van der Waals surface area contributed by atoms with Crippen molar-refractivity contribution in [2.75, 3.05) is 31.8 Å². The van der Waals surface area contributed by atoms with Crippen molar-refractivity contribution in [1.82, 2.24) is 15.5 Å². The molecule has 1 aliphatic rings. The molecule has 2 heterocycles. The second-order valence-corrected chi connectivity index (χ2v) is 5.57. The molecule has 18 heavy (non-hydrogen) atoms. The van der Waals surface area contributed by atoms with Gasteiger partial charge >= 0.3 is 0 Å². The minimum absolute atomic E-state index is 0.352. The van der Waals surface area contributed by atoms with Crippen molar-refractivity contribution >= 4 is 11.8 Å². The van der Waals surface area contributed by atoms with Crippen LogP contribution in [-0.2, 0) is 11.2 Å². The van der Waals surface area contributed by atoms with Crippen LogP contribution < -0.4 is 5.32 Å². The third-order valence-corrected chi connectivity index (χ3v) is 4.26. The monoisotopic (exact) mass is 271 g/mol. The zero-order valence-corrected chi connectivity index (χ0v) is 11.8. The first-order valence-electron chi connectivity index (χ1n) is 6.47. The first kappa shape index (κ1) is 13.8. The first-order valence-corrected chi connectivity index (χ1v) is 7.63. The molecule has 0 bridgehead atoms. The molecule has 1 aromatic heterocycles. The summed E-state index contributed by atoms with van der Waals surface area (Å²) in [4.78, 5) is 4.48. The smallest absolute Gasteiger partial charge is 0.232 e. The van der Waals surface area contributed by atoms with E-state index in [4.69, 9.17) is 9.26 Å². The molecular formula is C12H21N3O2S. The van der Waals surface area contributed by atoms with Crippen molar-refractivity contribution in [1.29, 1.82) is 0 Å². The number of aromatic nitrogens is 2. The lowest BCUT2D eigenvalue weighted by molar-refractivity contribution is 0.199. The molecular weight excluding hydrogens is 250 g/mol. The fourth-order valence-electron chi connectivity index (χ4n) is 2.04. The highest BCUT2D eigenvalue weighted by atomic mass is 32.2. The third-order valence-electron chi connectivity index (χ3n) is 3.07. The second kappa shape index (κ2) is 7.11. The van der Waals surface area contributed by atoms with Crippen molar-refractivity contribution in [3.8, 4) is 0 Å². The Bertz CT molecular complexity index is 359. The molecule has 1 saturated heterocycles. The van der Waals surface area contributed by atoms with Crippen molar-refractivity contribution in [3.63, 3.8) is 0 Å². The van der Waals surface area contributed by atoms with Gasteiger partial charge in [-0.05, 0) is 13.0 Å². The lowest BCUT2D eigenvalue weighted by Crippen LogP contribution is -2.34. The highest BCUT2D eigenvalue weighted by Crippen LogP contribution is 2.31. The summed E-state index contributed by atoms with van der Waals surface area (Å²) in [5.41, 5.74) is 0. The maximum absolute atomic E-state index is 5.39.